The number of sulfonamides is 1. The van der Waals surface area contributed by atoms with Gasteiger partial charge in [0.15, 0.2) is 0 Å². The van der Waals surface area contributed by atoms with Gasteiger partial charge in [0.05, 0.1) is 11.5 Å². The zero-order valence-electron chi connectivity index (χ0n) is 9.89. The number of hydrogen-bond acceptors (Lipinski definition) is 3. The van der Waals surface area contributed by atoms with Crippen LogP contribution in [0, 0.1) is 5.92 Å². The molecule has 2 N–H and O–H groups in total. The van der Waals surface area contributed by atoms with Crippen LogP contribution in [0.5, 0.6) is 0 Å². The van der Waals surface area contributed by atoms with Gasteiger partial charge in [-0.1, -0.05) is 12.8 Å². The van der Waals surface area contributed by atoms with Crippen LogP contribution >= 0.6 is 0 Å². The van der Waals surface area contributed by atoms with Crippen molar-refractivity contribution in [1.29, 1.82) is 0 Å². The van der Waals surface area contributed by atoms with Crippen LogP contribution in [0.15, 0.2) is 17.2 Å². The molecular formula is C11H18N2O3S. The molecule has 0 atom stereocenters. The molecule has 0 radical (unpaired) electrons. The molecule has 1 aliphatic rings. The van der Waals surface area contributed by atoms with E-state index in [9.17, 15) is 8.42 Å². The minimum absolute atomic E-state index is 0.159. The number of aromatic nitrogens is 1. The monoisotopic (exact) mass is 258 g/mol. The maximum atomic E-state index is 11.9. The minimum atomic E-state index is -3.42. The normalized spacial score (nSPS) is 16.4. The van der Waals surface area contributed by atoms with Crippen LogP contribution in [-0.4, -0.2) is 24.6 Å². The zero-order chi connectivity index (χ0) is 12.5. The number of hydrogen-bond donors (Lipinski definition) is 2. The average Bonchev–Trinajstić information content (AvgIpc) is 3.00. The molecule has 1 aliphatic carbocycles. The highest BCUT2D eigenvalue weighted by Gasteiger charge is 2.22. The van der Waals surface area contributed by atoms with E-state index in [4.69, 9.17) is 5.11 Å². The standard InChI is InChI=1S/C11H18N2O3S/c1-13-7-11(6-10(13)8-14)17(15,16)12-5-4-9-2-3-9/h6-7,9,12,14H,2-5,8H2,1H3. The second-order valence-electron chi connectivity index (χ2n) is 4.57. The molecule has 0 spiro atoms. The van der Waals surface area contributed by atoms with Crippen LogP contribution in [0.4, 0.5) is 0 Å². The first-order valence-electron chi connectivity index (χ1n) is 5.78. The summed E-state index contributed by atoms with van der Waals surface area (Å²) < 4.78 is 28.0. The molecule has 6 heteroatoms. The number of nitrogens with one attached hydrogen (secondary N) is 1. The lowest BCUT2D eigenvalue weighted by molar-refractivity contribution is 0.272. The molecule has 0 unspecified atom stereocenters. The Hall–Kier alpha value is -0.850. The van der Waals surface area contributed by atoms with Crippen LogP contribution in [0.2, 0.25) is 0 Å². The van der Waals surface area contributed by atoms with E-state index in [1.807, 2.05) is 0 Å². The Kier molecular flexibility index (Phi) is 3.56. The first-order chi connectivity index (χ1) is 8.03. The fourth-order valence-electron chi connectivity index (χ4n) is 1.77. The van der Waals surface area contributed by atoms with Gasteiger partial charge in [0.2, 0.25) is 10.0 Å². The fraction of sp³-hybridized carbons (Fsp3) is 0.636. The number of rotatable bonds is 6. The van der Waals surface area contributed by atoms with Crippen molar-refractivity contribution >= 4 is 10.0 Å². The fourth-order valence-corrected chi connectivity index (χ4v) is 2.91. The van der Waals surface area contributed by atoms with Crippen molar-refractivity contribution in [2.75, 3.05) is 6.54 Å². The van der Waals surface area contributed by atoms with Crippen molar-refractivity contribution in [3.8, 4) is 0 Å². The summed E-state index contributed by atoms with van der Waals surface area (Å²) in [5, 5.41) is 9.02. The molecule has 1 aromatic heterocycles. The van der Waals surface area contributed by atoms with E-state index in [2.05, 4.69) is 4.72 Å². The lowest BCUT2D eigenvalue weighted by Crippen LogP contribution is -2.24. The smallest absolute Gasteiger partial charge is 0.242 e. The van der Waals surface area contributed by atoms with Gasteiger partial charge in [-0.15, -0.1) is 0 Å². The molecule has 1 aromatic rings. The van der Waals surface area contributed by atoms with Crippen molar-refractivity contribution in [3.05, 3.63) is 18.0 Å². The zero-order valence-corrected chi connectivity index (χ0v) is 10.7. The summed E-state index contributed by atoms with van der Waals surface area (Å²) in [6.07, 6.45) is 4.88. The number of aliphatic hydroxyl groups excluding tert-OH is 1. The van der Waals surface area contributed by atoms with Crippen LogP contribution in [0.3, 0.4) is 0 Å². The van der Waals surface area contributed by atoms with E-state index in [1.54, 1.807) is 11.6 Å². The van der Waals surface area contributed by atoms with Crippen molar-refractivity contribution < 1.29 is 13.5 Å². The molecule has 5 nitrogen and oxygen atoms in total. The Morgan fingerprint density at radius 2 is 2.24 bits per heavy atom. The second kappa shape index (κ2) is 4.80. The van der Waals surface area contributed by atoms with Gasteiger partial charge in [0, 0.05) is 25.5 Å². The summed E-state index contributed by atoms with van der Waals surface area (Å²) in [7, 11) is -1.70. The second-order valence-corrected chi connectivity index (χ2v) is 6.33. The van der Waals surface area contributed by atoms with E-state index >= 15 is 0 Å². The Labute approximate surface area is 102 Å². The Morgan fingerprint density at radius 3 is 2.76 bits per heavy atom. The molecule has 0 aromatic carbocycles. The van der Waals surface area contributed by atoms with E-state index in [0.717, 1.165) is 6.42 Å². The summed E-state index contributed by atoms with van der Waals surface area (Å²) in [4.78, 5) is 0.222. The van der Waals surface area contributed by atoms with Crippen molar-refractivity contribution in [3.63, 3.8) is 0 Å². The minimum Gasteiger partial charge on any atom is -0.390 e. The Morgan fingerprint density at radius 1 is 1.53 bits per heavy atom. The van der Waals surface area contributed by atoms with Gasteiger partial charge in [-0.2, -0.15) is 0 Å². The Balaban J connectivity index is 2.01. The van der Waals surface area contributed by atoms with Crippen LogP contribution in [0.1, 0.15) is 25.0 Å². The van der Waals surface area contributed by atoms with Gasteiger partial charge >= 0.3 is 0 Å². The quantitative estimate of drug-likeness (QED) is 0.784. The molecule has 1 heterocycles. The van der Waals surface area contributed by atoms with Crippen molar-refractivity contribution in [2.24, 2.45) is 13.0 Å². The van der Waals surface area contributed by atoms with E-state index in [-0.39, 0.29) is 11.5 Å². The van der Waals surface area contributed by atoms with Crippen molar-refractivity contribution in [2.45, 2.75) is 30.8 Å². The highest BCUT2D eigenvalue weighted by atomic mass is 32.2. The number of nitrogens with zero attached hydrogens (tertiary/aromatic N) is 1. The summed E-state index contributed by atoms with van der Waals surface area (Å²) in [5.41, 5.74) is 0.590. The van der Waals surface area contributed by atoms with Crippen LogP contribution in [0.25, 0.3) is 0 Å². The third-order valence-electron chi connectivity index (χ3n) is 3.10. The molecule has 0 aliphatic heterocycles. The molecule has 96 valence electrons. The van der Waals surface area contributed by atoms with Crippen molar-refractivity contribution in [1.82, 2.24) is 9.29 Å². The summed E-state index contributed by atoms with van der Waals surface area (Å²) in [6.45, 7) is 0.338. The predicted molar refractivity (Wildman–Crippen MR) is 63.9 cm³/mol. The molecule has 1 fully saturated rings. The first kappa shape index (κ1) is 12.6. The Bertz CT molecular complexity index is 489. The predicted octanol–water partition coefficient (Wildman–Crippen LogP) is 0.596. The third-order valence-corrected chi connectivity index (χ3v) is 4.52. The number of aryl methyl sites for hydroxylation is 1. The van der Waals surface area contributed by atoms with Gasteiger partial charge in [0.1, 0.15) is 0 Å². The highest BCUT2D eigenvalue weighted by Crippen LogP contribution is 2.31. The molecule has 1 saturated carbocycles. The highest BCUT2D eigenvalue weighted by molar-refractivity contribution is 7.89. The van der Waals surface area contributed by atoms with Gasteiger partial charge in [-0.25, -0.2) is 13.1 Å². The van der Waals surface area contributed by atoms with Gasteiger partial charge < -0.3 is 9.67 Å². The largest absolute Gasteiger partial charge is 0.390 e. The lowest BCUT2D eigenvalue weighted by atomic mass is 10.3. The molecule has 0 amide bonds. The van der Waals surface area contributed by atoms with E-state index < -0.39 is 10.0 Å². The summed E-state index contributed by atoms with van der Waals surface area (Å²) >= 11 is 0. The summed E-state index contributed by atoms with van der Waals surface area (Å²) in [5.74, 6) is 0.710. The maximum absolute atomic E-state index is 11.9. The third kappa shape index (κ3) is 3.08. The molecule has 2 rings (SSSR count). The van der Waals surface area contributed by atoms with Gasteiger partial charge in [-0.3, -0.25) is 0 Å². The van der Waals surface area contributed by atoms with Gasteiger partial charge in [0.25, 0.3) is 0 Å². The summed E-state index contributed by atoms with van der Waals surface area (Å²) in [6, 6.07) is 1.50. The molecular weight excluding hydrogens is 240 g/mol. The average molecular weight is 258 g/mol. The molecule has 0 saturated heterocycles. The number of aliphatic hydroxyl groups is 1. The topological polar surface area (TPSA) is 71.3 Å². The van der Waals surface area contributed by atoms with E-state index in [0.29, 0.717) is 18.2 Å². The van der Waals surface area contributed by atoms with Crippen LogP contribution in [-0.2, 0) is 23.7 Å². The maximum Gasteiger partial charge on any atom is 0.242 e. The van der Waals surface area contributed by atoms with Gasteiger partial charge in [-0.05, 0) is 18.4 Å². The van der Waals surface area contributed by atoms with E-state index in [1.165, 1.54) is 25.1 Å². The van der Waals surface area contributed by atoms with Crippen LogP contribution < -0.4 is 4.72 Å². The molecule has 17 heavy (non-hydrogen) atoms. The molecule has 0 bridgehead atoms. The SMILES string of the molecule is Cn1cc(S(=O)(=O)NCCC2CC2)cc1CO. The lowest BCUT2D eigenvalue weighted by Gasteiger charge is -2.03. The first-order valence-corrected chi connectivity index (χ1v) is 7.27.